The molecule has 0 bridgehead atoms. The zero-order valence-corrected chi connectivity index (χ0v) is 12.2. The monoisotopic (exact) mass is 252 g/mol. The molecule has 3 N–H and O–H groups in total. The highest BCUT2D eigenvalue weighted by molar-refractivity contribution is 5.48. The summed E-state index contributed by atoms with van der Waals surface area (Å²) < 4.78 is 5.73. The molecule has 0 aliphatic carbocycles. The van der Waals surface area contributed by atoms with Gasteiger partial charge in [-0.25, -0.2) is 10.8 Å². The summed E-state index contributed by atoms with van der Waals surface area (Å²) in [5.74, 6) is 7.89. The standard InChI is InChI=1S/C13H24N4O/c1-8(2)7-18-11-9(3)10(17-14)15-12(16-11)13(4,5)6/h8H,7,14H2,1-6H3,(H,15,16,17). The largest absolute Gasteiger partial charge is 0.477 e. The number of hydrogen-bond acceptors (Lipinski definition) is 5. The summed E-state index contributed by atoms with van der Waals surface area (Å²) in [6.45, 7) is 12.9. The molecule has 0 atom stereocenters. The van der Waals surface area contributed by atoms with Crippen LogP contribution in [-0.4, -0.2) is 16.6 Å². The summed E-state index contributed by atoms with van der Waals surface area (Å²) in [4.78, 5) is 8.92. The molecule has 5 nitrogen and oxygen atoms in total. The van der Waals surface area contributed by atoms with Crippen LogP contribution in [0.5, 0.6) is 5.88 Å². The van der Waals surface area contributed by atoms with E-state index in [1.807, 2.05) is 6.92 Å². The Morgan fingerprint density at radius 1 is 1.28 bits per heavy atom. The van der Waals surface area contributed by atoms with Crippen LogP contribution < -0.4 is 16.0 Å². The summed E-state index contributed by atoms with van der Waals surface area (Å²) in [6, 6.07) is 0. The maximum Gasteiger partial charge on any atom is 0.221 e. The van der Waals surface area contributed by atoms with Gasteiger partial charge in [-0.3, -0.25) is 0 Å². The summed E-state index contributed by atoms with van der Waals surface area (Å²) in [7, 11) is 0. The molecule has 0 saturated heterocycles. The minimum Gasteiger partial charge on any atom is -0.477 e. The number of nitrogens with zero attached hydrogens (tertiary/aromatic N) is 2. The topological polar surface area (TPSA) is 73.1 Å². The van der Waals surface area contributed by atoms with Crippen LogP contribution in [0, 0.1) is 12.8 Å². The van der Waals surface area contributed by atoms with Crippen LogP contribution in [0.3, 0.4) is 0 Å². The average molecular weight is 252 g/mol. The summed E-state index contributed by atoms with van der Waals surface area (Å²) in [5, 5.41) is 0. The minimum atomic E-state index is -0.144. The Kier molecular flexibility index (Phi) is 4.51. The molecule has 0 unspecified atom stereocenters. The number of anilines is 1. The van der Waals surface area contributed by atoms with Crippen molar-refractivity contribution >= 4 is 5.82 Å². The van der Waals surface area contributed by atoms with E-state index in [0.29, 0.717) is 24.2 Å². The number of nitrogens with one attached hydrogen (secondary N) is 1. The fourth-order valence-electron chi connectivity index (χ4n) is 1.36. The molecule has 5 heteroatoms. The maximum atomic E-state index is 5.73. The van der Waals surface area contributed by atoms with E-state index in [1.165, 1.54) is 0 Å². The van der Waals surface area contributed by atoms with E-state index in [1.54, 1.807) is 0 Å². The highest BCUT2D eigenvalue weighted by Gasteiger charge is 2.21. The molecule has 1 rings (SSSR count). The lowest BCUT2D eigenvalue weighted by molar-refractivity contribution is 0.257. The molecule has 102 valence electrons. The molecule has 18 heavy (non-hydrogen) atoms. The van der Waals surface area contributed by atoms with E-state index in [-0.39, 0.29) is 5.41 Å². The molecule has 1 aromatic heterocycles. The van der Waals surface area contributed by atoms with Gasteiger partial charge in [-0.15, -0.1) is 0 Å². The van der Waals surface area contributed by atoms with E-state index in [4.69, 9.17) is 10.6 Å². The third-order valence-electron chi connectivity index (χ3n) is 2.46. The molecular formula is C13H24N4O. The van der Waals surface area contributed by atoms with Crippen LogP contribution >= 0.6 is 0 Å². The Morgan fingerprint density at radius 2 is 1.89 bits per heavy atom. The van der Waals surface area contributed by atoms with Crippen LogP contribution in [0.2, 0.25) is 0 Å². The molecule has 1 heterocycles. The second-order valence-corrected chi connectivity index (χ2v) is 5.93. The Hall–Kier alpha value is -1.36. The number of aromatic nitrogens is 2. The predicted octanol–water partition coefficient (Wildman–Crippen LogP) is 2.40. The molecule has 0 amide bonds. The van der Waals surface area contributed by atoms with Gasteiger partial charge in [-0.05, 0) is 12.8 Å². The van der Waals surface area contributed by atoms with Crippen molar-refractivity contribution in [2.75, 3.05) is 12.0 Å². The van der Waals surface area contributed by atoms with Crippen LogP contribution in [-0.2, 0) is 5.41 Å². The third-order valence-corrected chi connectivity index (χ3v) is 2.46. The van der Waals surface area contributed by atoms with Crippen molar-refractivity contribution in [2.24, 2.45) is 11.8 Å². The maximum absolute atomic E-state index is 5.73. The van der Waals surface area contributed by atoms with Gasteiger partial charge in [0.1, 0.15) is 5.82 Å². The van der Waals surface area contributed by atoms with E-state index in [0.717, 1.165) is 11.4 Å². The Balaban J connectivity index is 3.15. The minimum absolute atomic E-state index is 0.144. The van der Waals surface area contributed by atoms with Gasteiger partial charge >= 0.3 is 0 Å². The van der Waals surface area contributed by atoms with Crippen molar-refractivity contribution in [1.82, 2.24) is 9.97 Å². The number of rotatable bonds is 4. The third kappa shape index (κ3) is 3.57. The summed E-state index contributed by atoms with van der Waals surface area (Å²) in [6.07, 6.45) is 0. The lowest BCUT2D eigenvalue weighted by Gasteiger charge is -2.20. The SMILES string of the molecule is Cc1c(NN)nc(C(C)(C)C)nc1OCC(C)C. The number of nitrogens with two attached hydrogens (primary N) is 1. The molecule has 0 fully saturated rings. The Bertz CT molecular complexity index is 410. The first-order chi connectivity index (χ1) is 8.25. The quantitative estimate of drug-likeness (QED) is 0.636. The van der Waals surface area contributed by atoms with Gasteiger partial charge in [0.2, 0.25) is 5.88 Å². The number of hydrogen-bond donors (Lipinski definition) is 2. The molecule has 0 aliphatic heterocycles. The lowest BCUT2D eigenvalue weighted by Crippen LogP contribution is -2.21. The van der Waals surface area contributed by atoms with Crippen molar-refractivity contribution in [1.29, 1.82) is 0 Å². The van der Waals surface area contributed by atoms with Gasteiger partial charge in [0, 0.05) is 5.41 Å². The lowest BCUT2D eigenvalue weighted by atomic mass is 9.95. The van der Waals surface area contributed by atoms with Crippen molar-refractivity contribution in [2.45, 2.75) is 47.0 Å². The molecule has 0 aliphatic rings. The first-order valence-electron chi connectivity index (χ1n) is 6.24. The normalized spacial score (nSPS) is 11.8. The molecule has 0 saturated carbocycles. The number of hydrazine groups is 1. The van der Waals surface area contributed by atoms with Crippen molar-refractivity contribution in [3.05, 3.63) is 11.4 Å². The molecule has 0 radical (unpaired) electrons. The van der Waals surface area contributed by atoms with E-state index < -0.39 is 0 Å². The van der Waals surface area contributed by atoms with Gasteiger partial charge < -0.3 is 10.2 Å². The Morgan fingerprint density at radius 3 is 2.33 bits per heavy atom. The van der Waals surface area contributed by atoms with Crippen LogP contribution in [0.25, 0.3) is 0 Å². The zero-order chi connectivity index (χ0) is 13.9. The highest BCUT2D eigenvalue weighted by atomic mass is 16.5. The highest BCUT2D eigenvalue weighted by Crippen LogP contribution is 2.27. The van der Waals surface area contributed by atoms with E-state index in [9.17, 15) is 0 Å². The second kappa shape index (κ2) is 5.52. The number of nitrogen functional groups attached to an aromatic ring is 1. The molecule has 0 aromatic carbocycles. The smallest absolute Gasteiger partial charge is 0.221 e. The fraction of sp³-hybridized carbons (Fsp3) is 0.692. The molecular weight excluding hydrogens is 228 g/mol. The summed E-state index contributed by atoms with van der Waals surface area (Å²) >= 11 is 0. The van der Waals surface area contributed by atoms with Crippen molar-refractivity contribution in [3.8, 4) is 5.88 Å². The van der Waals surface area contributed by atoms with Gasteiger partial charge in [0.05, 0.1) is 12.2 Å². The molecule has 0 spiro atoms. The van der Waals surface area contributed by atoms with Crippen LogP contribution in [0.1, 0.15) is 46.0 Å². The summed E-state index contributed by atoms with van der Waals surface area (Å²) in [5.41, 5.74) is 3.30. The van der Waals surface area contributed by atoms with Gasteiger partial charge in [0.25, 0.3) is 0 Å². The first-order valence-corrected chi connectivity index (χ1v) is 6.24. The molecule has 1 aromatic rings. The zero-order valence-electron chi connectivity index (χ0n) is 12.2. The van der Waals surface area contributed by atoms with Crippen molar-refractivity contribution in [3.63, 3.8) is 0 Å². The van der Waals surface area contributed by atoms with Gasteiger partial charge in [0.15, 0.2) is 5.82 Å². The number of ether oxygens (including phenoxy) is 1. The Labute approximate surface area is 109 Å². The van der Waals surface area contributed by atoms with E-state index in [2.05, 4.69) is 50.0 Å². The predicted molar refractivity (Wildman–Crippen MR) is 73.6 cm³/mol. The fourth-order valence-corrected chi connectivity index (χ4v) is 1.36. The van der Waals surface area contributed by atoms with Crippen LogP contribution in [0.15, 0.2) is 0 Å². The van der Waals surface area contributed by atoms with Gasteiger partial charge in [-0.2, -0.15) is 4.98 Å². The second-order valence-electron chi connectivity index (χ2n) is 5.93. The van der Waals surface area contributed by atoms with Crippen LogP contribution in [0.4, 0.5) is 5.82 Å². The van der Waals surface area contributed by atoms with Gasteiger partial charge in [-0.1, -0.05) is 34.6 Å². The average Bonchev–Trinajstić information content (AvgIpc) is 2.26. The first kappa shape index (κ1) is 14.7. The van der Waals surface area contributed by atoms with E-state index >= 15 is 0 Å². The van der Waals surface area contributed by atoms with Crippen molar-refractivity contribution < 1.29 is 4.74 Å².